The molecule has 0 spiro atoms. The number of benzene rings is 2. The zero-order valence-corrected chi connectivity index (χ0v) is 24.0. The molecule has 0 aliphatic carbocycles. The van der Waals surface area contributed by atoms with Crippen LogP contribution in [0.25, 0.3) is 11.0 Å². The number of aryl methyl sites for hydroxylation is 1. The van der Waals surface area contributed by atoms with Crippen LogP contribution in [0, 0.1) is 5.92 Å². The summed E-state index contributed by atoms with van der Waals surface area (Å²) in [6, 6.07) is 12.8. The van der Waals surface area contributed by atoms with Gasteiger partial charge in [-0.05, 0) is 48.9 Å². The van der Waals surface area contributed by atoms with Crippen molar-refractivity contribution in [3.63, 3.8) is 0 Å². The second-order valence-electron chi connectivity index (χ2n) is 9.85. The number of sulfonamides is 2. The molecule has 1 saturated heterocycles. The van der Waals surface area contributed by atoms with E-state index in [-0.39, 0.29) is 22.6 Å². The Balaban J connectivity index is 1.48. The second kappa shape index (κ2) is 11.0. The summed E-state index contributed by atoms with van der Waals surface area (Å²) in [5, 5.41) is 3.16. The van der Waals surface area contributed by atoms with E-state index in [1.165, 1.54) is 23.1 Å². The molecule has 1 fully saturated rings. The quantitative estimate of drug-likeness (QED) is 0.302. The SMILES string of the molecule is COc1ccc(CC2CCN(S(C)(=O)=O)CC2)c(Nc2nc3ccccc3nc2NS(=O)(=O)c2cn(C)cn2)c1. The van der Waals surface area contributed by atoms with E-state index >= 15 is 0 Å². The average molecular weight is 586 g/mol. The Labute approximate surface area is 233 Å². The molecule has 2 aromatic carbocycles. The number of hydrogen-bond acceptors (Lipinski definition) is 9. The van der Waals surface area contributed by atoms with Crippen molar-refractivity contribution in [2.45, 2.75) is 24.3 Å². The standard InChI is InChI=1S/C26H31N7O5S2/c1-32-16-24(27-17-32)40(36,37)31-26-25(28-21-6-4-5-7-22(21)29-26)30-23-15-20(38-2)9-8-19(23)14-18-10-12-33(13-11-18)39(3,34)35/h4-9,15-18H,10-14H2,1-3H3,(H,28,30)(H,29,31). The van der Waals surface area contributed by atoms with Gasteiger partial charge in [0.05, 0.1) is 30.7 Å². The van der Waals surface area contributed by atoms with Gasteiger partial charge in [-0.25, -0.2) is 27.7 Å². The van der Waals surface area contributed by atoms with Crippen LogP contribution in [0.5, 0.6) is 5.75 Å². The maximum atomic E-state index is 13.1. The van der Waals surface area contributed by atoms with Crippen LogP contribution in [0.4, 0.5) is 17.3 Å². The molecule has 2 N–H and O–H groups in total. The highest BCUT2D eigenvalue weighted by molar-refractivity contribution is 7.92. The zero-order chi connectivity index (χ0) is 28.5. The third kappa shape index (κ3) is 6.18. The number of anilines is 3. The van der Waals surface area contributed by atoms with Crippen molar-refractivity contribution in [2.75, 3.05) is 36.5 Å². The number of hydrogen-bond donors (Lipinski definition) is 2. The summed E-state index contributed by atoms with van der Waals surface area (Å²) >= 11 is 0. The lowest BCUT2D eigenvalue weighted by Gasteiger charge is -2.30. The van der Waals surface area contributed by atoms with E-state index in [0.717, 1.165) is 18.4 Å². The first kappa shape index (κ1) is 27.8. The molecule has 0 saturated carbocycles. The number of para-hydroxylation sites is 2. The van der Waals surface area contributed by atoms with Gasteiger partial charge in [0, 0.05) is 38.1 Å². The molecule has 212 valence electrons. The van der Waals surface area contributed by atoms with Crippen molar-refractivity contribution in [2.24, 2.45) is 13.0 Å². The number of nitrogens with zero attached hydrogens (tertiary/aromatic N) is 5. The molecule has 0 atom stereocenters. The zero-order valence-electron chi connectivity index (χ0n) is 22.4. The predicted octanol–water partition coefficient (Wildman–Crippen LogP) is 3.13. The van der Waals surface area contributed by atoms with Crippen molar-refractivity contribution in [1.29, 1.82) is 0 Å². The Morgan fingerprint density at radius 2 is 1.68 bits per heavy atom. The van der Waals surface area contributed by atoms with Crippen LogP contribution in [0.1, 0.15) is 18.4 Å². The van der Waals surface area contributed by atoms with E-state index in [2.05, 4.69) is 20.0 Å². The first-order valence-electron chi connectivity index (χ1n) is 12.7. The summed E-state index contributed by atoms with van der Waals surface area (Å²) in [6.07, 6.45) is 6.22. The number of fused-ring (bicyclic) bond motifs is 1. The molecule has 0 radical (unpaired) electrons. The molecule has 0 bridgehead atoms. The number of ether oxygens (including phenoxy) is 1. The van der Waals surface area contributed by atoms with Crippen molar-refractivity contribution >= 4 is 48.4 Å². The molecule has 1 aliphatic rings. The number of piperidine rings is 1. The highest BCUT2D eigenvalue weighted by atomic mass is 32.2. The van der Waals surface area contributed by atoms with Gasteiger partial charge in [0.2, 0.25) is 10.0 Å². The summed E-state index contributed by atoms with van der Waals surface area (Å²) in [7, 11) is -3.99. The van der Waals surface area contributed by atoms with Crippen LogP contribution < -0.4 is 14.8 Å². The van der Waals surface area contributed by atoms with E-state index < -0.39 is 20.0 Å². The summed E-state index contributed by atoms with van der Waals surface area (Å²) in [5.41, 5.74) is 2.76. The molecule has 12 nitrogen and oxygen atoms in total. The molecule has 1 aliphatic heterocycles. The van der Waals surface area contributed by atoms with Crippen molar-refractivity contribution < 1.29 is 21.6 Å². The summed E-state index contributed by atoms with van der Waals surface area (Å²) in [6.45, 7) is 0.968. The van der Waals surface area contributed by atoms with Crippen LogP contribution in [0.3, 0.4) is 0 Å². The van der Waals surface area contributed by atoms with Gasteiger partial charge in [0.15, 0.2) is 16.7 Å². The van der Waals surface area contributed by atoms with Crippen molar-refractivity contribution in [3.05, 3.63) is 60.6 Å². The number of aromatic nitrogens is 4. The minimum atomic E-state index is -4.04. The highest BCUT2D eigenvalue weighted by Gasteiger charge is 2.26. The lowest BCUT2D eigenvalue weighted by atomic mass is 9.90. The van der Waals surface area contributed by atoms with E-state index in [0.29, 0.717) is 42.0 Å². The van der Waals surface area contributed by atoms with E-state index in [4.69, 9.17) is 9.72 Å². The van der Waals surface area contributed by atoms with Gasteiger partial charge in [-0.2, -0.15) is 8.42 Å². The smallest absolute Gasteiger partial charge is 0.282 e. The number of rotatable bonds is 9. The Morgan fingerprint density at radius 3 is 2.27 bits per heavy atom. The predicted molar refractivity (Wildman–Crippen MR) is 153 cm³/mol. The van der Waals surface area contributed by atoms with Gasteiger partial charge in [0.1, 0.15) is 5.75 Å². The Bertz CT molecular complexity index is 1750. The highest BCUT2D eigenvalue weighted by Crippen LogP contribution is 2.33. The summed E-state index contributed by atoms with van der Waals surface area (Å²) < 4.78 is 61.2. The van der Waals surface area contributed by atoms with Crippen LogP contribution in [0.2, 0.25) is 0 Å². The van der Waals surface area contributed by atoms with Gasteiger partial charge in [-0.15, -0.1) is 0 Å². The van der Waals surface area contributed by atoms with Gasteiger partial charge < -0.3 is 14.6 Å². The minimum absolute atomic E-state index is 0.0274. The molecule has 14 heteroatoms. The van der Waals surface area contributed by atoms with E-state index in [1.54, 1.807) is 36.9 Å². The van der Waals surface area contributed by atoms with Gasteiger partial charge in [-0.1, -0.05) is 18.2 Å². The third-order valence-corrected chi connectivity index (χ3v) is 9.41. The number of nitrogens with one attached hydrogen (secondary N) is 2. The molecule has 40 heavy (non-hydrogen) atoms. The Morgan fingerprint density at radius 1 is 1.00 bits per heavy atom. The van der Waals surface area contributed by atoms with Crippen molar-refractivity contribution in [3.8, 4) is 5.75 Å². The van der Waals surface area contributed by atoms with Gasteiger partial charge in [0.25, 0.3) is 10.0 Å². The number of imidazole rings is 1. The topological polar surface area (TPSA) is 148 Å². The monoisotopic (exact) mass is 585 g/mol. The normalized spacial score (nSPS) is 15.3. The maximum Gasteiger partial charge on any atom is 0.282 e. The largest absolute Gasteiger partial charge is 0.497 e. The summed E-state index contributed by atoms with van der Waals surface area (Å²) in [5.74, 6) is 1.14. The average Bonchev–Trinajstić information content (AvgIpc) is 3.37. The van der Waals surface area contributed by atoms with Gasteiger partial charge >= 0.3 is 0 Å². The summed E-state index contributed by atoms with van der Waals surface area (Å²) in [4.78, 5) is 13.2. The number of methoxy groups -OCH3 is 1. The molecule has 3 heterocycles. The van der Waals surface area contributed by atoms with Crippen LogP contribution in [-0.4, -0.2) is 67.1 Å². The second-order valence-corrected chi connectivity index (χ2v) is 13.5. The lowest BCUT2D eigenvalue weighted by molar-refractivity contribution is 0.274. The van der Waals surface area contributed by atoms with Crippen molar-refractivity contribution in [1.82, 2.24) is 23.8 Å². The first-order chi connectivity index (χ1) is 19.0. The first-order valence-corrected chi connectivity index (χ1v) is 16.0. The van der Waals surface area contributed by atoms with Crippen LogP contribution in [0.15, 0.2) is 60.0 Å². The minimum Gasteiger partial charge on any atom is -0.497 e. The molecule has 2 aromatic heterocycles. The molecular weight excluding hydrogens is 554 g/mol. The fourth-order valence-corrected chi connectivity index (χ4v) is 6.59. The molecule has 4 aromatic rings. The fraction of sp³-hybridized carbons (Fsp3) is 0.346. The molecular formula is C26H31N7O5S2. The lowest BCUT2D eigenvalue weighted by Crippen LogP contribution is -2.38. The van der Waals surface area contributed by atoms with Gasteiger partial charge in [-0.3, -0.25) is 4.72 Å². The van der Waals surface area contributed by atoms with E-state index in [1.807, 2.05) is 24.3 Å². The Hall–Kier alpha value is -3.75. The molecule has 0 amide bonds. The molecule has 0 unspecified atom stereocenters. The molecule has 5 rings (SSSR count). The van der Waals surface area contributed by atoms with Crippen LogP contribution >= 0.6 is 0 Å². The van der Waals surface area contributed by atoms with E-state index in [9.17, 15) is 16.8 Å². The Kier molecular flexibility index (Phi) is 7.66. The fourth-order valence-electron chi connectivity index (χ4n) is 4.73. The maximum absolute atomic E-state index is 13.1. The van der Waals surface area contributed by atoms with Crippen LogP contribution in [-0.2, 0) is 33.5 Å². The third-order valence-electron chi connectivity index (χ3n) is 6.88.